The number of piperidine rings is 1. The van der Waals surface area contributed by atoms with Crippen LogP contribution in [0.25, 0.3) is 0 Å². The molecule has 3 rings (SSSR count). The maximum atomic E-state index is 14.1. The van der Waals surface area contributed by atoms with Gasteiger partial charge in [0.05, 0.1) is 17.9 Å². The summed E-state index contributed by atoms with van der Waals surface area (Å²) in [5.41, 5.74) is 6.78. The fourth-order valence-electron chi connectivity index (χ4n) is 4.02. The summed E-state index contributed by atoms with van der Waals surface area (Å²) in [5, 5.41) is 9.12. The normalized spacial score (nSPS) is 28.3. The zero-order valence-corrected chi connectivity index (χ0v) is 16.2. The van der Waals surface area contributed by atoms with Gasteiger partial charge >= 0.3 is 0 Å². The Kier molecular flexibility index (Phi) is 6.36. The number of aliphatic hydroxyl groups is 1. The van der Waals surface area contributed by atoms with Crippen LogP contribution in [0.5, 0.6) is 0 Å². The van der Waals surface area contributed by atoms with Crippen molar-refractivity contribution in [2.24, 2.45) is 5.73 Å². The van der Waals surface area contributed by atoms with Gasteiger partial charge in [-0.2, -0.15) is 0 Å². The summed E-state index contributed by atoms with van der Waals surface area (Å²) in [7, 11) is 0. The molecule has 6 heteroatoms. The average molecular weight is 415 g/mol. The molecule has 140 valence electrons. The van der Waals surface area contributed by atoms with Gasteiger partial charge in [0, 0.05) is 29.7 Å². The zero-order valence-electron chi connectivity index (χ0n) is 14.6. The Morgan fingerprint density at radius 3 is 2.44 bits per heavy atom. The van der Waals surface area contributed by atoms with Gasteiger partial charge in [0.15, 0.2) is 0 Å². The van der Waals surface area contributed by atoms with Gasteiger partial charge in [0.25, 0.3) is 0 Å². The van der Waals surface area contributed by atoms with E-state index in [0.29, 0.717) is 12.1 Å². The maximum absolute atomic E-state index is 14.1. The second kappa shape index (κ2) is 8.33. The molecule has 0 spiro atoms. The third-order valence-electron chi connectivity index (χ3n) is 5.62. The smallest absolute Gasteiger partial charge is 0.147 e. The number of benzene rings is 1. The lowest BCUT2D eigenvalue weighted by molar-refractivity contribution is -0.0497. The molecule has 0 aromatic heterocycles. The molecule has 1 saturated carbocycles. The summed E-state index contributed by atoms with van der Waals surface area (Å²) in [6.07, 6.45) is 6.83. The molecule has 1 saturated heterocycles. The lowest BCUT2D eigenvalue weighted by Gasteiger charge is -2.40. The van der Waals surface area contributed by atoms with Crippen molar-refractivity contribution in [3.63, 3.8) is 0 Å². The van der Waals surface area contributed by atoms with Crippen LogP contribution in [0, 0.1) is 5.82 Å². The number of aliphatic hydroxyl groups excluding tert-OH is 1. The number of nitrogens with two attached hydrogens (primary N) is 1. The fraction of sp³-hybridized carbons (Fsp3) is 0.684. The van der Waals surface area contributed by atoms with E-state index in [1.807, 2.05) is 12.1 Å². The summed E-state index contributed by atoms with van der Waals surface area (Å²) in [6.45, 7) is 1.80. The number of rotatable bonds is 5. The van der Waals surface area contributed by atoms with Gasteiger partial charge < -0.3 is 20.5 Å². The Balaban J connectivity index is 1.45. The average Bonchev–Trinajstić information content (AvgIpc) is 2.58. The minimum Gasteiger partial charge on any atom is -0.396 e. The van der Waals surface area contributed by atoms with Gasteiger partial charge in [0.1, 0.15) is 5.82 Å². The highest BCUT2D eigenvalue weighted by molar-refractivity contribution is 9.10. The Bertz CT molecular complexity index is 571. The second-order valence-corrected chi connectivity index (χ2v) is 8.37. The van der Waals surface area contributed by atoms with Crippen LogP contribution in [0.4, 0.5) is 10.1 Å². The van der Waals surface area contributed by atoms with Crippen LogP contribution in [0.3, 0.4) is 0 Å². The number of ether oxygens (including phenoxy) is 1. The topological polar surface area (TPSA) is 58.7 Å². The van der Waals surface area contributed by atoms with Crippen LogP contribution >= 0.6 is 15.9 Å². The van der Waals surface area contributed by atoms with Crippen LogP contribution in [0.2, 0.25) is 0 Å². The Morgan fingerprint density at radius 1 is 1.20 bits per heavy atom. The molecular weight excluding hydrogens is 387 g/mol. The molecule has 2 fully saturated rings. The molecule has 1 aliphatic carbocycles. The minimum atomic E-state index is -0.211. The summed E-state index contributed by atoms with van der Waals surface area (Å²) in [4.78, 5) is 2.11. The second-order valence-electron chi connectivity index (χ2n) is 7.45. The zero-order chi connectivity index (χ0) is 17.9. The molecule has 0 amide bonds. The van der Waals surface area contributed by atoms with Crippen molar-refractivity contribution >= 4 is 21.6 Å². The molecule has 2 aliphatic rings. The van der Waals surface area contributed by atoms with Crippen LogP contribution in [0.1, 0.15) is 44.9 Å². The number of nitrogens with zero attached hydrogens (tertiary/aromatic N) is 1. The van der Waals surface area contributed by atoms with E-state index in [1.165, 1.54) is 6.07 Å². The van der Waals surface area contributed by atoms with Gasteiger partial charge in [0.2, 0.25) is 0 Å². The quantitative estimate of drug-likeness (QED) is 0.772. The van der Waals surface area contributed by atoms with Gasteiger partial charge in [-0.15, -0.1) is 0 Å². The van der Waals surface area contributed by atoms with E-state index in [9.17, 15) is 4.39 Å². The van der Waals surface area contributed by atoms with Gasteiger partial charge in [-0.1, -0.05) is 15.9 Å². The van der Waals surface area contributed by atoms with E-state index in [4.69, 9.17) is 15.6 Å². The largest absolute Gasteiger partial charge is 0.396 e. The molecule has 4 nitrogen and oxygen atoms in total. The molecule has 0 radical (unpaired) electrons. The van der Waals surface area contributed by atoms with E-state index in [2.05, 4.69) is 20.8 Å². The van der Waals surface area contributed by atoms with E-state index in [-0.39, 0.29) is 30.2 Å². The lowest BCUT2D eigenvalue weighted by Crippen LogP contribution is -2.46. The van der Waals surface area contributed by atoms with Gasteiger partial charge in [-0.3, -0.25) is 0 Å². The number of halogens is 2. The summed E-state index contributed by atoms with van der Waals surface area (Å²) in [5.74, 6) is -0.177. The Morgan fingerprint density at radius 2 is 1.84 bits per heavy atom. The standard InChI is InChI=1S/C19H28BrFN2O2/c20-14-1-2-18(17(21)13-14)23-10-5-16(6-11-23)25-15-3-7-19(22,8-4-15)9-12-24/h1-2,13,15-16,24H,3-12,22H2. The highest BCUT2D eigenvalue weighted by atomic mass is 79.9. The number of hydrogen-bond donors (Lipinski definition) is 2. The highest BCUT2D eigenvalue weighted by Crippen LogP contribution is 2.33. The minimum absolute atomic E-state index is 0.160. The summed E-state index contributed by atoms with van der Waals surface area (Å²) in [6, 6.07) is 5.24. The molecule has 1 aromatic rings. The number of anilines is 1. The fourth-order valence-corrected chi connectivity index (χ4v) is 4.35. The molecule has 1 heterocycles. The predicted molar refractivity (Wildman–Crippen MR) is 101 cm³/mol. The van der Waals surface area contributed by atoms with Crippen LogP contribution in [-0.4, -0.2) is 42.5 Å². The van der Waals surface area contributed by atoms with Crippen LogP contribution in [0.15, 0.2) is 22.7 Å². The summed E-state index contributed by atoms with van der Waals surface area (Å²) < 4.78 is 21.2. The van der Waals surface area contributed by atoms with Crippen molar-refractivity contribution < 1.29 is 14.2 Å². The molecule has 0 bridgehead atoms. The van der Waals surface area contributed by atoms with E-state index in [0.717, 1.165) is 56.1 Å². The van der Waals surface area contributed by atoms with Crippen molar-refractivity contribution in [3.8, 4) is 0 Å². The van der Waals surface area contributed by atoms with Gasteiger partial charge in [-0.25, -0.2) is 4.39 Å². The lowest BCUT2D eigenvalue weighted by atomic mass is 9.79. The molecule has 1 aliphatic heterocycles. The molecule has 0 unspecified atom stereocenters. The molecule has 1 aromatic carbocycles. The first-order chi connectivity index (χ1) is 12.0. The predicted octanol–water partition coefficient (Wildman–Crippen LogP) is 3.60. The third kappa shape index (κ3) is 4.94. The first kappa shape index (κ1) is 19.1. The molecular formula is C19H28BrFN2O2. The molecule has 25 heavy (non-hydrogen) atoms. The monoisotopic (exact) mass is 414 g/mol. The SMILES string of the molecule is NC1(CCO)CCC(OC2CCN(c3ccc(Br)cc3F)CC2)CC1. The van der Waals surface area contributed by atoms with Crippen molar-refractivity contribution in [1.82, 2.24) is 0 Å². The van der Waals surface area contributed by atoms with Crippen molar-refractivity contribution in [3.05, 3.63) is 28.5 Å². The molecule has 0 atom stereocenters. The van der Waals surface area contributed by atoms with Crippen LogP contribution < -0.4 is 10.6 Å². The van der Waals surface area contributed by atoms with Crippen molar-refractivity contribution in [2.75, 3.05) is 24.6 Å². The van der Waals surface area contributed by atoms with Crippen molar-refractivity contribution in [2.45, 2.75) is 62.7 Å². The number of hydrogen-bond acceptors (Lipinski definition) is 4. The first-order valence-electron chi connectivity index (χ1n) is 9.24. The van der Waals surface area contributed by atoms with Gasteiger partial charge in [-0.05, 0) is 63.1 Å². The van der Waals surface area contributed by atoms with E-state index < -0.39 is 0 Å². The summed E-state index contributed by atoms with van der Waals surface area (Å²) >= 11 is 3.30. The van der Waals surface area contributed by atoms with E-state index >= 15 is 0 Å². The van der Waals surface area contributed by atoms with Crippen molar-refractivity contribution in [1.29, 1.82) is 0 Å². The highest BCUT2D eigenvalue weighted by Gasteiger charge is 2.33. The Labute approximate surface area is 157 Å². The van der Waals surface area contributed by atoms with Crippen LogP contribution in [-0.2, 0) is 4.74 Å². The Hall–Kier alpha value is -0.690. The third-order valence-corrected chi connectivity index (χ3v) is 6.11. The van der Waals surface area contributed by atoms with E-state index in [1.54, 1.807) is 0 Å². The maximum Gasteiger partial charge on any atom is 0.147 e. The first-order valence-corrected chi connectivity index (χ1v) is 10.0. The molecule has 3 N–H and O–H groups in total.